The van der Waals surface area contributed by atoms with Crippen molar-refractivity contribution in [2.45, 2.75) is 0 Å². The monoisotopic (exact) mass is 480 g/mol. The van der Waals surface area contributed by atoms with Crippen LogP contribution < -0.4 is 4.72 Å². The molecule has 11 heteroatoms. The highest BCUT2D eigenvalue weighted by atomic mass is 32.2. The highest BCUT2D eigenvalue weighted by Crippen LogP contribution is 2.39. The van der Waals surface area contributed by atoms with Gasteiger partial charge < -0.3 is 0 Å². The molecule has 0 spiro atoms. The van der Waals surface area contributed by atoms with Crippen LogP contribution >= 0.6 is 0 Å². The molecule has 0 aliphatic heterocycles. The Morgan fingerprint density at radius 1 is 1.00 bits per heavy atom. The lowest BCUT2D eigenvalue weighted by Crippen LogP contribution is -2.11. The second-order valence-electron chi connectivity index (χ2n) is 7.77. The van der Waals surface area contributed by atoms with Crippen LogP contribution in [0.1, 0.15) is 0 Å². The minimum Gasteiger partial charge on any atom is -0.299 e. The number of nitrogens with zero attached hydrogens (tertiary/aromatic N) is 5. The number of hydrogen-bond acceptors (Lipinski definition) is 5. The van der Waals surface area contributed by atoms with E-state index in [9.17, 15) is 17.2 Å². The number of nitrogens with one attached hydrogen (secondary N) is 1. The van der Waals surface area contributed by atoms with Crippen molar-refractivity contribution in [3.8, 4) is 27.9 Å². The van der Waals surface area contributed by atoms with E-state index in [0.717, 1.165) is 17.9 Å². The van der Waals surface area contributed by atoms with E-state index in [-0.39, 0.29) is 11.4 Å². The predicted molar refractivity (Wildman–Crippen MR) is 125 cm³/mol. The Morgan fingerprint density at radius 2 is 1.79 bits per heavy atom. The zero-order valence-corrected chi connectivity index (χ0v) is 18.9. The maximum absolute atomic E-state index is 14.9. The van der Waals surface area contributed by atoms with E-state index in [2.05, 4.69) is 19.8 Å². The summed E-state index contributed by atoms with van der Waals surface area (Å²) in [6, 6.07) is 10.3. The molecule has 0 bridgehead atoms. The Labute approximate surface area is 193 Å². The molecular weight excluding hydrogens is 462 g/mol. The summed E-state index contributed by atoms with van der Waals surface area (Å²) in [6.45, 7) is 0. The first kappa shape index (κ1) is 21.7. The molecule has 34 heavy (non-hydrogen) atoms. The Kier molecular flexibility index (Phi) is 5.13. The molecule has 172 valence electrons. The van der Waals surface area contributed by atoms with E-state index >= 15 is 0 Å². The highest BCUT2D eigenvalue weighted by molar-refractivity contribution is 7.92. The van der Waals surface area contributed by atoms with Crippen LogP contribution in [-0.4, -0.2) is 39.0 Å². The number of aromatic nitrogens is 5. The fourth-order valence-corrected chi connectivity index (χ4v) is 4.36. The van der Waals surface area contributed by atoms with Crippen molar-refractivity contribution in [3.63, 3.8) is 0 Å². The van der Waals surface area contributed by atoms with E-state index in [1.165, 1.54) is 18.3 Å². The highest BCUT2D eigenvalue weighted by Gasteiger charge is 2.20. The average molecular weight is 481 g/mol. The van der Waals surface area contributed by atoms with Gasteiger partial charge in [0, 0.05) is 48.3 Å². The number of pyridine rings is 1. The standard InChI is InChI=1S/C23H18F2N6O2S/c1-30-12-14(11-28-30)17-5-6-20-23(22(17)18-4-3-15(24)9-19(18)25)27-13-31(20)16-7-8-26-21(10-16)29-34(2,32)33/h3-13H,1-2H3,(H,26,29). The van der Waals surface area contributed by atoms with Gasteiger partial charge in [0.15, 0.2) is 0 Å². The molecule has 0 saturated heterocycles. The number of hydrogen-bond donors (Lipinski definition) is 1. The number of benzene rings is 2. The maximum Gasteiger partial charge on any atom is 0.230 e. The van der Waals surface area contributed by atoms with Gasteiger partial charge in [-0.2, -0.15) is 5.10 Å². The van der Waals surface area contributed by atoms with Gasteiger partial charge in [-0.3, -0.25) is 14.0 Å². The largest absolute Gasteiger partial charge is 0.299 e. The molecule has 0 atom stereocenters. The number of anilines is 1. The topological polar surface area (TPSA) is 94.7 Å². The van der Waals surface area contributed by atoms with Crippen LogP contribution in [0.4, 0.5) is 14.6 Å². The number of halogens is 2. The number of imidazole rings is 1. The van der Waals surface area contributed by atoms with Gasteiger partial charge in [0.05, 0.1) is 29.2 Å². The summed E-state index contributed by atoms with van der Waals surface area (Å²) in [7, 11) is -1.73. The van der Waals surface area contributed by atoms with Crippen LogP contribution in [0.5, 0.6) is 0 Å². The van der Waals surface area contributed by atoms with E-state index in [1.807, 2.05) is 12.1 Å². The fourth-order valence-electron chi connectivity index (χ4n) is 3.87. The van der Waals surface area contributed by atoms with Crippen LogP contribution in [0.25, 0.3) is 39.0 Å². The quantitative estimate of drug-likeness (QED) is 0.408. The minimum absolute atomic E-state index is 0.152. The van der Waals surface area contributed by atoms with Crippen molar-refractivity contribution in [3.05, 3.63) is 79.0 Å². The molecule has 5 rings (SSSR count). The molecule has 3 heterocycles. The lowest BCUT2D eigenvalue weighted by Gasteiger charge is -2.12. The number of rotatable bonds is 5. The van der Waals surface area contributed by atoms with Crippen molar-refractivity contribution in [2.24, 2.45) is 7.05 Å². The number of fused-ring (bicyclic) bond motifs is 1. The molecule has 0 fully saturated rings. The van der Waals surface area contributed by atoms with Gasteiger partial charge in [0.25, 0.3) is 0 Å². The molecule has 3 aromatic heterocycles. The smallest absolute Gasteiger partial charge is 0.230 e. The maximum atomic E-state index is 14.9. The van der Waals surface area contributed by atoms with Crippen molar-refractivity contribution in [1.29, 1.82) is 0 Å². The summed E-state index contributed by atoms with van der Waals surface area (Å²) in [5.74, 6) is -1.24. The molecule has 8 nitrogen and oxygen atoms in total. The molecule has 5 aromatic rings. The first-order valence-corrected chi connectivity index (χ1v) is 12.0. The Hall–Kier alpha value is -4.12. The van der Waals surface area contributed by atoms with E-state index in [4.69, 9.17) is 0 Å². The third-order valence-corrected chi connectivity index (χ3v) is 5.83. The fraction of sp³-hybridized carbons (Fsp3) is 0.0870. The summed E-state index contributed by atoms with van der Waals surface area (Å²) >= 11 is 0. The van der Waals surface area contributed by atoms with Crippen LogP contribution in [0, 0.1) is 11.6 Å². The van der Waals surface area contributed by atoms with Gasteiger partial charge in [-0.25, -0.2) is 27.2 Å². The van der Waals surface area contributed by atoms with Crippen molar-refractivity contribution < 1.29 is 17.2 Å². The molecule has 0 amide bonds. The minimum atomic E-state index is -3.51. The second kappa shape index (κ2) is 8.03. The lowest BCUT2D eigenvalue weighted by molar-refractivity contribution is 0.585. The van der Waals surface area contributed by atoms with Gasteiger partial charge in [-0.1, -0.05) is 6.07 Å². The molecule has 1 N–H and O–H groups in total. The number of aryl methyl sites for hydroxylation is 1. The van der Waals surface area contributed by atoms with Gasteiger partial charge in [-0.05, 0) is 29.8 Å². The Morgan fingerprint density at radius 3 is 2.50 bits per heavy atom. The van der Waals surface area contributed by atoms with Gasteiger partial charge in [0.2, 0.25) is 10.0 Å². The third-order valence-electron chi connectivity index (χ3n) is 5.25. The van der Waals surface area contributed by atoms with Crippen LogP contribution in [-0.2, 0) is 17.1 Å². The molecule has 0 radical (unpaired) electrons. The SMILES string of the molecule is Cn1cc(-c2ccc3c(ncn3-c3ccnc(NS(C)(=O)=O)c3)c2-c2ccc(F)cc2F)cn1. The first-order chi connectivity index (χ1) is 16.2. The summed E-state index contributed by atoms with van der Waals surface area (Å²) in [5, 5.41) is 4.21. The molecule has 0 saturated carbocycles. The molecule has 0 unspecified atom stereocenters. The van der Waals surface area contributed by atoms with Gasteiger partial charge in [-0.15, -0.1) is 0 Å². The summed E-state index contributed by atoms with van der Waals surface area (Å²) in [4.78, 5) is 8.59. The Bertz CT molecular complexity index is 1660. The zero-order chi connectivity index (χ0) is 24.0. The summed E-state index contributed by atoms with van der Waals surface area (Å²) in [5.41, 5.74) is 3.86. The van der Waals surface area contributed by atoms with E-state index in [0.29, 0.717) is 27.8 Å². The third kappa shape index (κ3) is 4.01. The lowest BCUT2D eigenvalue weighted by atomic mass is 9.94. The Balaban J connectivity index is 1.75. The van der Waals surface area contributed by atoms with E-state index in [1.54, 1.807) is 47.2 Å². The van der Waals surface area contributed by atoms with Crippen LogP contribution in [0.15, 0.2) is 67.4 Å². The average Bonchev–Trinajstić information content (AvgIpc) is 3.39. The van der Waals surface area contributed by atoms with Crippen LogP contribution in [0.3, 0.4) is 0 Å². The number of sulfonamides is 1. The van der Waals surface area contributed by atoms with Gasteiger partial charge >= 0.3 is 0 Å². The second-order valence-corrected chi connectivity index (χ2v) is 9.52. The molecule has 0 aliphatic rings. The predicted octanol–water partition coefficient (Wildman–Crippen LogP) is 4.14. The van der Waals surface area contributed by atoms with Gasteiger partial charge in [0.1, 0.15) is 23.8 Å². The molecule has 0 aliphatic carbocycles. The summed E-state index contributed by atoms with van der Waals surface area (Å²) < 4.78 is 57.5. The normalized spacial score (nSPS) is 11.8. The van der Waals surface area contributed by atoms with Crippen molar-refractivity contribution >= 4 is 26.9 Å². The summed E-state index contributed by atoms with van der Waals surface area (Å²) in [6.07, 6.45) is 7.53. The van der Waals surface area contributed by atoms with Crippen molar-refractivity contribution in [1.82, 2.24) is 24.3 Å². The molecular formula is C23H18F2N6O2S. The van der Waals surface area contributed by atoms with E-state index < -0.39 is 21.7 Å². The van der Waals surface area contributed by atoms with Crippen LogP contribution in [0.2, 0.25) is 0 Å². The molecule has 2 aromatic carbocycles. The van der Waals surface area contributed by atoms with Crippen molar-refractivity contribution in [2.75, 3.05) is 11.0 Å². The zero-order valence-electron chi connectivity index (χ0n) is 18.1. The first-order valence-electron chi connectivity index (χ1n) is 10.1.